The third kappa shape index (κ3) is 5.65. The summed E-state index contributed by atoms with van der Waals surface area (Å²) in [4.78, 5) is 16.4. The van der Waals surface area contributed by atoms with Crippen molar-refractivity contribution in [3.63, 3.8) is 0 Å². The van der Waals surface area contributed by atoms with Gasteiger partial charge in [0, 0.05) is 23.5 Å². The van der Waals surface area contributed by atoms with Crippen molar-refractivity contribution in [3.05, 3.63) is 35.3 Å². The number of aromatic nitrogens is 1. The van der Waals surface area contributed by atoms with E-state index in [1.807, 2.05) is 43.5 Å². The van der Waals surface area contributed by atoms with E-state index in [4.69, 9.17) is 10.5 Å². The molecule has 5 nitrogen and oxygen atoms in total. The van der Waals surface area contributed by atoms with E-state index in [0.29, 0.717) is 19.6 Å². The topological polar surface area (TPSA) is 77.2 Å². The summed E-state index contributed by atoms with van der Waals surface area (Å²) in [7, 11) is 0. The molecule has 1 aromatic heterocycles. The van der Waals surface area contributed by atoms with Gasteiger partial charge in [0.25, 0.3) is 0 Å². The van der Waals surface area contributed by atoms with E-state index in [9.17, 15) is 4.79 Å². The first-order valence-corrected chi connectivity index (χ1v) is 8.66. The minimum atomic E-state index is -0.0193. The predicted octanol–water partition coefficient (Wildman–Crippen LogP) is 2.60. The van der Waals surface area contributed by atoms with E-state index in [1.54, 1.807) is 11.3 Å². The van der Waals surface area contributed by atoms with Gasteiger partial charge in [-0.1, -0.05) is 0 Å². The molecule has 6 heteroatoms. The third-order valence-corrected chi connectivity index (χ3v) is 4.17. The number of amides is 1. The molecule has 1 aromatic carbocycles. The highest BCUT2D eigenvalue weighted by Crippen LogP contribution is 2.25. The van der Waals surface area contributed by atoms with Crippen molar-refractivity contribution in [2.75, 3.05) is 13.2 Å². The van der Waals surface area contributed by atoms with Crippen LogP contribution in [0.15, 0.2) is 29.6 Å². The minimum absolute atomic E-state index is 0.0193. The second kappa shape index (κ2) is 8.64. The van der Waals surface area contributed by atoms with Crippen LogP contribution >= 0.6 is 11.3 Å². The van der Waals surface area contributed by atoms with Crippen LogP contribution in [0.1, 0.15) is 26.0 Å². The zero-order valence-corrected chi connectivity index (χ0v) is 14.4. The van der Waals surface area contributed by atoms with Crippen LogP contribution in [0.5, 0.6) is 5.75 Å². The first kappa shape index (κ1) is 17.4. The molecule has 2 rings (SSSR count). The second-order valence-electron chi connectivity index (χ2n) is 5.39. The van der Waals surface area contributed by atoms with E-state index in [-0.39, 0.29) is 11.9 Å². The quantitative estimate of drug-likeness (QED) is 0.778. The summed E-state index contributed by atoms with van der Waals surface area (Å²) in [6.45, 7) is 5.14. The van der Waals surface area contributed by atoms with Gasteiger partial charge in [-0.05, 0) is 44.5 Å². The van der Waals surface area contributed by atoms with Crippen molar-refractivity contribution in [1.29, 1.82) is 0 Å². The zero-order valence-electron chi connectivity index (χ0n) is 13.5. The number of nitrogens with zero attached hydrogens (tertiary/aromatic N) is 1. The molecule has 1 amide bonds. The Morgan fingerprint density at radius 1 is 1.39 bits per heavy atom. The molecule has 1 heterocycles. The summed E-state index contributed by atoms with van der Waals surface area (Å²) in [5, 5.41) is 5.70. The van der Waals surface area contributed by atoms with Crippen molar-refractivity contribution >= 4 is 17.2 Å². The minimum Gasteiger partial charge on any atom is -0.494 e. The van der Waals surface area contributed by atoms with Gasteiger partial charge < -0.3 is 15.8 Å². The van der Waals surface area contributed by atoms with Crippen molar-refractivity contribution in [1.82, 2.24) is 10.3 Å². The van der Waals surface area contributed by atoms with Gasteiger partial charge in [0.15, 0.2) is 0 Å². The summed E-state index contributed by atoms with van der Waals surface area (Å²) in [6.07, 6.45) is 1.08. The van der Waals surface area contributed by atoms with Gasteiger partial charge in [0.05, 0.1) is 18.7 Å². The highest BCUT2D eigenvalue weighted by atomic mass is 32.1. The van der Waals surface area contributed by atoms with Crippen LogP contribution in [0.4, 0.5) is 0 Å². The van der Waals surface area contributed by atoms with Crippen LogP contribution < -0.4 is 15.8 Å². The second-order valence-corrected chi connectivity index (χ2v) is 6.25. The maximum absolute atomic E-state index is 11.9. The summed E-state index contributed by atoms with van der Waals surface area (Å²) in [5.41, 5.74) is 7.48. The Hall–Kier alpha value is -1.92. The number of hydrogen-bond acceptors (Lipinski definition) is 5. The zero-order chi connectivity index (χ0) is 16.7. The predicted molar refractivity (Wildman–Crippen MR) is 93.7 cm³/mol. The highest BCUT2D eigenvalue weighted by molar-refractivity contribution is 7.13. The van der Waals surface area contributed by atoms with Crippen LogP contribution in [-0.2, 0) is 11.2 Å². The number of rotatable bonds is 8. The van der Waals surface area contributed by atoms with Crippen LogP contribution in [0, 0.1) is 0 Å². The molecule has 0 aliphatic heterocycles. The lowest BCUT2D eigenvalue weighted by atomic mass is 10.2. The van der Waals surface area contributed by atoms with Gasteiger partial charge in [-0.25, -0.2) is 4.98 Å². The van der Waals surface area contributed by atoms with Crippen molar-refractivity contribution in [3.8, 4) is 16.3 Å². The van der Waals surface area contributed by atoms with Crippen LogP contribution in [-0.4, -0.2) is 30.1 Å². The van der Waals surface area contributed by atoms with Crippen LogP contribution in [0.3, 0.4) is 0 Å². The Balaban J connectivity index is 1.91. The average molecular weight is 333 g/mol. The first-order valence-electron chi connectivity index (χ1n) is 7.78. The molecule has 0 radical (unpaired) electrons. The van der Waals surface area contributed by atoms with Gasteiger partial charge in [0.1, 0.15) is 10.8 Å². The third-order valence-electron chi connectivity index (χ3n) is 3.23. The number of carbonyl (C=O) groups is 1. The molecule has 23 heavy (non-hydrogen) atoms. The van der Waals surface area contributed by atoms with E-state index in [1.165, 1.54) is 0 Å². The van der Waals surface area contributed by atoms with E-state index in [2.05, 4.69) is 10.3 Å². The lowest BCUT2D eigenvalue weighted by molar-refractivity contribution is -0.120. The van der Waals surface area contributed by atoms with Crippen LogP contribution in [0.25, 0.3) is 10.6 Å². The molecule has 0 spiro atoms. The molecule has 0 aliphatic carbocycles. The summed E-state index contributed by atoms with van der Waals surface area (Å²) < 4.78 is 5.43. The van der Waals surface area contributed by atoms with Crippen molar-refractivity contribution in [2.45, 2.75) is 32.7 Å². The number of thiazole rings is 1. The molecule has 0 aliphatic rings. The number of nitrogens with two attached hydrogens (primary N) is 1. The molecule has 1 unspecified atom stereocenters. The Kier molecular flexibility index (Phi) is 6.55. The molecule has 3 N–H and O–H groups in total. The number of carbonyl (C=O) groups excluding carboxylic acids is 1. The van der Waals surface area contributed by atoms with E-state index in [0.717, 1.165) is 28.4 Å². The van der Waals surface area contributed by atoms with Gasteiger partial charge in [-0.3, -0.25) is 4.79 Å². The van der Waals surface area contributed by atoms with Gasteiger partial charge in [0.2, 0.25) is 5.91 Å². The Morgan fingerprint density at radius 2 is 2.13 bits per heavy atom. The Bertz CT molecular complexity index is 623. The van der Waals surface area contributed by atoms with Crippen LogP contribution in [0.2, 0.25) is 0 Å². The highest BCUT2D eigenvalue weighted by Gasteiger charge is 2.09. The number of nitrogens with one attached hydrogen (secondary N) is 1. The molecule has 0 fully saturated rings. The average Bonchev–Trinajstić information content (AvgIpc) is 2.96. The van der Waals surface area contributed by atoms with E-state index < -0.39 is 0 Å². The van der Waals surface area contributed by atoms with Crippen molar-refractivity contribution in [2.24, 2.45) is 5.73 Å². The van der Waals surface area contributed by atoms with Gasteiger partial charge in [-0.15, -0.1) is 11.3 Å². The molecule has 0 saturated carbocycles. The van der Waals surface area contributed by atoms with E-state index >= 15 is 0 Å². The summed E-state index contributed by atoms with van der Waals surface area (Å²) in [5.74, 6) is 0.829. The molecule has 1 atom stereocenters. The van der Waals surface area contributed by atoms with Gasteiger partial charge in [-0.2, -0.15) is 0 Å². The van der Waals surface area contributed by atoms with Gasteiger partial charge >= 0.3 is 0 Å². The lowest BCUT2D eigenvalue weighted by Gasteiger charge is -2.06. The fraction of sp³-hybridized carbons (Fsp3) is 0.412. The normalized spacial score (nSPS) is 12.0. The fourth-order valence-corrected chi connectivity index (χ4v) is 2.87. The maximum Gasteiger partial charge on any atom is 0.226 e. The molecular formula is C17H23N3O2S. The Morgan fingerprint density at radius 3 is 2.78 bits per heavy atom. The summed E-state index contributed by atoms with van der Waals surface area (Å²) >= 11 is 1.54. The Labute approximate surface area is 140 Å². The molecule has 2 aromatic rings. The largest absolute Gasteiger partial charge is 0.494 e. The molecular weight excluding hydrogens is 310 g/mol. The first-order chi connectivity index (χ1) is 11.1. The number of hydrogen-bond donors (Lipinski definition) is 2. The molecule has 0 bridgehead atoms. The fourth-order valence-electron chi connectivity index (χ4n) is 2.05. The van der Waals surface area contributed by atoms with Crippen molar-refractivity contribution < 1.29 is 9.53 Å². The SMILES string of the molecule is CCOc1ccc(-c2nc(CC(=O)NCCC(C)N)cs2)cc1. The maximum atomic E-state index is 11.9. The monoisotopic (exact) mass is 333 g/mol. The number of benzene rings is 1. The standard InChI is InChI=1S/C17H23N3O2S/c1-3-22-15-6-4-13(5-7-15)17-20-14(11-23-17)10-16(21)19-9-8-12(2)18/h4-7,11-12H,3,8-10,18H2,1-2H3,(H,19,21). The summed E-state index contributed by atoms with van der Waals surface area (Å²) in [6, 6.07) is 7.93. The number of ether oxygens (including phenoxy) is 1. The lowest BCUT2D eigenvalue weighted by Crippen LogP contribution is -2.30. The smallest absolute Gasteiger partial charge is 0.226 e. The molecule has 124 valence electrons. The molecule has 0 saturated heterocycles.